The molecule has 0 rings (SSSR count). The molecule has 0 radical (unpaired) electrons. The summed E-state index contributed by atoms with van der Waals surface area (Å²) in [4.78, 5) is 22.3. The summed E-state index contributed by atoms with van der Waals surface area (Å²) in [7, 11) is 0. The predicted molar refractivity (Wildman–Crippen MR) is 107 cm³/mol. The van der Waals surface area contributed by atoms with Crippen LogP contribution in [0.15, 0.2) is 12.2 Å². The van der Waals surface area contributed by atoms with E-state index in [1.54, 1.807) is 0 Å². The second kappa shape index (κ2) is 21.9. The Kier molecular flexibility index (Phi) is 23.4. The fourth-order valence-electron chi connectivity index (χ4n) is 2.81. The predicted octanol–water partition coefficient (Wildman–Crippen LogP) is 1.70. The number of hydrogen-bond acceptors (Lipinski definition) is 3. The number of amides is 1. The van der Waals surface area contributed by atoms with Crippen LogP contribution in [-0.2, 0) is 9.59 Å². The van der Waals surface area contributed by atoms with E-state index in [9.17, 15) is 9.59 Å². The molecular weight excluding hydrogens is 353 g/mol. The van der Waals surface area contributed by atoms with Crippen molar-refractivity contribution in [2.75, 3.05) is 6.61 Å². The minimum atomic E-state index is -1.20. The Bertz CT molecular complexity index is 395. The van der Waals surface area contributed by atoms with Crippen molar-refractivity contribution in [2.24, 2.45) is 0 Å². The molecule has 1 atom stereocenters. The minimum absolute atomic E-state index is 0. The summed E-state index contributed by atoms with van der Waals surface area (Å²) < 4.78 is 0. The summed E-state index contributed by atoms with van der Waals surface area (Å²) >= 11 is 0. The molecule has 6 heteroatoms. The van der Waals surface area contributed by atoms with E-state index < -0.39 is 18.6 Å². The number of aliphatic hydroxyl groups is 1. The van der Waals surface area contributed by atoms with Gasteiger partial charge in [-0.2, -0.15) is 0 Å². The van der Waals surface area contributed by atoms with Gasteiger partial charge in [0.1, 0.15) is 6.04 Å². The molecule has 0 aliphatic heterocycles. The summed E-state index contributed by atoms with van der Waals surface area (Å²) in [6.45, 7) is 1.67. The molecule has 0 aromatic heterocycles. The van der Waals surface area contributed by atoms with Gasteiger partial charge in [-0.1, -0.05) is 70.4 Å². The zero-order valence-electron chi connectivity index (χ0n) is 18.5. The van der Waals surface area contributed by atoms with Gasteiger partial charge in [-0.3, -0.25) is 4.79 Å². The average molecular weight is 394 g/mol. The third-order valence-corrected chi connectivity index (χ3v) is 4.48. The number of aliphatic carboxylic acids is 1. The van der Waals surface area contributed by atoms with Crippen molar-refractivity contribution < 1.29 is 50.8 Å². The Labute approximate surface area is 189 Å². The number of aliphatic hydroxyl groups excluding tert-OH is 1. The number of rotatable bonds is 18. The van der Waals surface area contributed by atoms with Crippen molar-refractivity contribution in [2.45, 2.75) is 103 Å². The second-order valence-corrected chi connectivity index (χ2v) is 6.98. The molecule has 0 aromatic rings. The van der Waals surface area contributed by atoms with Crippen LogP contribution in [0.5, 0.6) is 0 Å². The summed E-state index contributed by atoms with van der Waals surface area (Å²) in [5.41, 5.74) is 0. The Morgan fingerprint density at radius 3 is 1.85 bits per heavy atom. The van der Waals surface area contributed by atoms with Crippen LogP contribution in [0.1, 0.15) is 98.2 Å². The van der Waals surface area contributed by atoms with E-state index in [1.807, 2.05) is 0 Å². The molecule has 0 fully saturated rings. The Morgan fingerprint density at radius 1 is 0.889 bits per heavy atom. The summed E-state index contributed by atoms with van der Waals surface area (Å²) in [5.74, 6) is -1.51. The third-order valence-electron chi connectivity index (χ3n) is 4.48. The number of unbranched alkanes of at least 4 members (excludes halogenated alkanes) is 11. The molecule has 0 spiro atoms. The van der Waals surface area contributed by atoms with E-state index in [2.05, 4.69) is 24.4 Å². The molecule has 5 nitrogen and oxygen atoms in total. The van der Waals surface area contributed by atoms with Crippen LogP contribution in [0, 0.1) is 0 Å². The molecule has 0 aliphatic rings. The Morgan fingerprint density at radius 2 is 1.37 bits per heavy atom. The van der Waals surface area contributed by atoms with E-state index in [-0.39, 0.29) is 36.9 Å². The maximum atomic E-state index is 11.6. The van der Waals surface area contributed by atoms with Crippen molar-refractivity contribution in [3.05, 3.63) is 12.2 Å². The van der Waals surface area contributed by atoms with Crippen LogP contribution in [0.3, 0.4) is 0 Å². The molecular formula is C21H40NNaO4. The maximum absolute atomic E-state index is 11.6. The van der Waals surface area contributed by atoms with Gasteiger partial charge < -0.3 is 17.0 Å². The van der Waals surface area contributed by atoms with Crippen LogP contribution in [0.4, 0.5) is 0 Å². The number of allylic oxidation sites excluding steroid dienone is 2. The van der Waals surface area contributed by atoms with Gasteiger partial charge in [0.15, 0.2) is 0 Å². The molecule has 27 heavy (non-hydrogen) atoms. The van der Waals surface area contributed by atoms with Crippen molar-refractivity contribution in [3.8, 4) is 0 Å². The summed E-state index contributed by atoms with van der Waals surface area (Å²) in [6.07, 6.45) is 20.5. The molecule has 0 aliphatic carbocycles. The van der Waals surface area contributed by atoms with Crippen LogP contribution < -0.4 is 34.9 Å². The van der Waals surface area contributed by atoms with Crippen molar-refractivity contribution in [1.82, 2.24) is 5.32 Å². The van der Waals surface area contributed by atoms with E-state index in [1.165, 1.54) is 51.4 Å². The first-order chi connectivity index (χ1) is 12.6. The zero-order chi connectivity index (χ0) is 19.5. The normalized spacial score (nSPS) is 11.9. The van der Waals surface area contributed by atoms with Gasteiger partial charge in [0.05, 0.1) is 6.61 Å². The second-order valence-electron chi connectivity index (χ2n) is 6.98. The number of carboxylic acid groups (broad SMARTS) is 1. The van der Waals surface area contributed by atoms with Gasteiger partial charge >= 0.3 is 35.5 Å². The van der Waals surface area contributed by atoms with Crippen LogP contribution in [-0.4, -0.2) is 34.7 Å². The standard InChI is InChI=1S/C21H39NO4.Na.H/c1-2-3-4-5-6-7-8-9-10-11-12-13-14-15-16-17-20(24)22-19(18-23)21(25)26;;/h9-10,19,23H,2-8,11-18H2,1H3,(H,22,24)(H,25,26);;/q;+1;-1/b10-9-;;/t19-;;/m0../s1. The Hall–Kier alpha value is -0.360. The molecule has 154 valence electrons. The molecule has 0 saturated carbocycles. The first kappa shape index (κ1) is 28.8. The first-order valence-electron chi connectivity index (χ1n) is 10.4. The van der Waals surface area contributed by atoms with Crippen LogP contribution in [0.25, 0.3) is 0 Å². The van der Waals surface area contributed by atoms with Crippen molar-refractivity contribution >= 4 is 11.9 Å². The summed E-state index contributed by atoms with van der Waals surface area (Å²) in [6, 6.07) is -1.19. The monoisotopic (exact) mass is 393 g/mol. The molecule has 0 bridgehead atoms. The number of carbonyl (C=O) groups excluding carboxylic acids is 1. The summed E-state index contributed by atoms with van der Waals surface area (Å²) in [5, 5.41) is 19.9. The fourth-order valence-corrected chi connectivity index (χ4v) is 2.81. The van der Waals surface area contributed by atoms with E-state index in [4.69, 9.17) is 10.2 Å². The molecule has 0 unspecified atom stereocenters. The molecule has 0 saturated heterocycles. The van der Waals surface area contributed by atoms with E-state index in [0.29, 0.717) is 6.42 Å². The van der Waals surface area contributed by atoms with Gasteiger partial charge in [0.2, 0.25) is 5.91 Å². The van der Waals surface area contributed by atoms with Gasteiger partial charge in [-0.05, 0) is 32.1 Å². The van der Waals surface area contributed by atoms with Crippen molar-refractivity contribution in [3.63, 3.8) is 0 Å². The Balaban J connectivity index is -0.00000312. The van der Waals surface area contributed by atoms with Crippen LogP contribution >= 0.6 is 0 Å². The molecule has 0 heterocycles. The zero-order valence-corrected chi connectivity index (χ0v) is 19.5. The molecule has 1 amide bonds. The topological polar surface area (TPSA) is 86.6 Å². The molecule has 0 aromatic carbocycles. The minimum Gasteiger partial charge on any atom is -1.00 e. The number of nitrogens with one attached hydrogen (secondary N) is 1. The van der Waals surface area contributed by atoms with Crippen molar-refractivity contribution in [1.29, 1.82) is 0 Å². The maximum Gasteiger partial charge on any atom is 1.00 e. The third kappa shape index (κ3) is 20.2. The number of hydrogen-bond donors (Lipinski definition) is 3. The van der Waals surface area contributed by atoms with Crippen LogP contribution in [0.2, 0.25) is 0 Å². The number of carbonyl (C=O) groups is 2. The van der Waals surface area contributed by atoms with Gasteiger partial charge in [0.25, 0.3) is 0 Å². The van der Waals surface area contributed by atoms with Gasteiger partial charge in [-0.15, -0.1) is 0 Å². The van der Waals surface area contributed by atoms with E-state index >= 15 is 0 Å². The number of carboxylic acids is 1. The quantitative estimate of drug-likeness (QED) is 0.188. The SMILES string of the molecule is CCCCCCCC/C=C\CCCCCCCC(=O)N[C@@H](CO)C(=O)O.[H-].[Na+]. The smallest absolute Gasteiger partial charge is 1.00 e. The van der Waals surface area contributed by atoms with Gasteiger partial charge in [-0.25, -0.2) is 4.79 Å². The average Bonchev–Trinajstić information content (AvgIpc) is 2.62. The fraction of sp³-hybridized carbons (Fsp3) is 0.810. The van der Waals surface area contributed by atoms with E-state index in [0.717, 1.165) is 32.1 Å². The molecule has 3 N–H and O–H groups in total. The first-order valence-corrected chi connectivity index (χ1v) is 10.4. The largest absolute Gasteiger partial charge is 1.00 e. The van der Waals surface area contributed by atoms with Gasteiger partial charge in [0, 0.05) is 6.42 Å².